The van der Waals surface area contributed by atoms with Crippen molar-refractivity contribution in [3.8, 4) is 0 Å². The Bertz CT molecular complexity index is 511. The molecule has 1 N–H and O–H groups in total. The predicted octanol–water partition coefficient (Wildman–Crippen LogP) is 2.78. The van der Waals surface area contributed by atoms with Crippen molar-refractivity contribution in [1.29, 1.82) is 0 Å². The smallest absolute Gasteiger partial charge is 0.450 e. The van der Waals surface area contributed by atoms with E-state index in [0.717, 1.165) is 11.8 Å². The number of ether oxygens (including phenoxy) is 1. The fourth-order valence-corrected chi connectivity index (χ4v) is 1.74. The van der Waals surface area contributed by atoms with Gasteiger partial charge in [0.05, 0.1) is 6.20 Å². The molecule has 0 saturated heterocycles. The van der Waals surface area contributed by atoms with Crippen LogP contribution in [0.15, 0.2) is 36.2 Å². The number of nitrogens with zero attached hydrogens (tertiary/aromatic N) is 1. The van der Waals surface area contributed by atoms with Crippen LogP contribution in [0.4, 0.5) is 18.9 Å². The van der Waals surface area contributed by atoms with Crippen LogP contribution in [0.5, 0.6) is 0 Å². The molecule has 0 unspecified atom stereocenters. The molecular weight excluding hydrogens is 277 g/mol. The van der Waals surface area contributed by atoms with Crippen LogP contribution in [-0.2, 0) is 4.74 Å². The summed E-state index contributed by atoms with van der Waals surface area (Å²) < 4.78 is 41.9. The summed E-state index contributed by atoms with van der Waals surface area (Å²) in [5.74, 6) is -0.984. The van der Waals surface area contributed by atoms with Gasteiger partial charge < -0.3 is 15.0 Å². The summed E-state index contributed by atoms with van der Waals surface area (Å²) in [5.41, 5.74) is 1.42. The van der Waals surface area contributed by atoms with Crippen molar-refractivity contribution >= 4 is 22.9 Å². The van der Waals surface area contributed by atoms with Gasteiger partial charge in [-0.3, -0.25) is 0 Å². The van der Waals surface area contributed by atoms with Gasteiger partial charge in [0.2, 0.25) is 5.76 Å². The second kappa shape index (κ2) is 5.08. The summed E-state index contributed by atoms with van der Waals surface area (Å²) in [6, 6.07) is 6.87. The number of allylic oxidation sites excluding steroid dienone is 1. The van der Waals surface area contributed by atoms with Crippen molar-refractivity contribution in [2.24, 2.45) is 0 Å². The molecule has 102 valence electrons. The van der Waals surface area contributed by atoms with E-state index in [9.17, 15) is 13.2 Å². The van der Waals surface area contributed by atoms with Gasteiger partial charge in [0.15, 0.2) is 6.73 Å². The van der Waals surface area contributed by atoms with Crippen LogP contribution < -0.4 is 10.2 Å². The summed E-state index contributed by atoms with van der Waals surface area (Å²) in [4.78, 5) is 1.96. The SMILES string of the molecule is CNC(=S)c1ccc(N2C=C(C(F)(F)F)OC2)cc1. The van der Waals surface area contributed by atoms with Crippen LogP contribution in [0.1, 0.15) is 5.56 Å². The maximum absolute atomic E-state index is 12.4. The van der Waals surface area contributed by atoms with Gasteiger partial charge in [-0.05, 0) is 24.3 Å². The quantitative estimate of drug-likeness (QED) is 0.846. The fraction of sp³-hybridized carbons (Fsp3) is 0.250. The van der Waals surface area contributed by atoms with Gasteiger partial charge in [-0.2, -0.15) is 13.2 Å². The Labute approximate surface area is 113 Å². The molecule has 0 amide bonds. The molecule has 0 spiro atoms. The molecule has 0 saturated carbocycles. The first kappa shape index (κ1) is 13.7. The average molecular weight is 288 g/mol. The molecule has 7 heteroatoms. The van der Waals surface area contributed by atoms with Crippen molar-refractivity contribution in [1.82, 2.24) is 5.32 Å². The van der Waals surface area contributed by atoms with Gasteiger partial charge in [-0.25, -0.2) is 0 Å². The van der Waals surface area contributed by atoms with E-state index in [4.69, 9.17) is 12.2 Å². The first-order valence-corrected chi connectivity index (χ1v) is 5.83. The van der Waals surface area contributed by atoms with E-state index in [1.807, 2.05) is 0 Å². The molecular formula is C12H11F3N2OS. The van der Waals surface area contributed by atoms with E-state index < -0.39 is 11.9 Å². The molecule has 1 aromatic rings. The highest BCUT2D eigenvalue weighted by molar-refractivity contribution is 7.80. The van der Waals surface area contributed by atoms with E-state index >= 15 is 0 Å². The minimum atomic E-state index is -4.46. The van der Waals surface area contributed by atoms with Gasteiger partial charge in [0, 0.05) is 18.3 Å². The van der Waals surface area contributed by atoms with E-state index in [2.05, 4.69) is 10.1 Å². The number of benzene rings is 1. The minimum Gasteiger partial charge on any atom is -0.466 e. The molecule has 1 aliphatic heterocycles. The number of alkyl halides is 3. The number of nitrogens with one attached hydrogen (secondary N) is 1. The maximum Gasteiger partial charge on any atom is 0.450 e. The number of hydrogen-bond donors (Lipinski definition) is 1. The van der Waals surface area contributed by atoms with Crippen LogP contribution in [0.25, 0.3) is 0 Å². The highest BCUT2D eigenvalue weighted by Gasteiger charge is 2.39. The Morgan fingerprint density at radius 3 is 2.42 bits per heavy atom. The molecule has 19 heavy (non-hydrogen) atoms. The van der Waals surface area contributed by atoms with E-state index in [0.29, 0.717) is 10.7 Å². The highest BCUT2D eigenvalue weighted by atomic mass is 32.1. The van der Waals surface area contributed by atoms with E-state index in [1.165, 1.54) is 4.90 Å². The Morgan fingerprint density at radius 2 is 1.95 bits per heavy atom. The van der Waals surface area contributed by atoms with Gasteiger partial charge in [-0.1, -0.05) is 12.2 Å². The topological polar surface area (TPSA) is 24.5 Å². The molecule has 0 bridgehead atoms. The van der Waals surface area contributed by atoms with Crippen LogP contribution in [-0.4, -0.2) is 24.9 Å². The molecule has 0 fully saturated rings. The highest BCUT2D eigenvalue weighted by Crippen LogP contribution is 2.32. The monoisotopic (exact) mass is 288 g/mol. The van der Waals surface area contributed by atoms with Crippen LogP contribution in [0, 0.1) is 0 Å². The fourth-order valence-electron chi connectivity index (χ4n) is 1.61. The lowest BCUT2D eigenvalue weighted by atomic mass is 10.2. The number of hydrogen-bond acceptors (Lipinski definition) is 3. The van der Waals surface area contributed by atoms with Crippen LogP contribution in [0.3, 0.4) is 0 Å². The number of halogens is 3. The number of rotatable bonds is 2. The summed E-state index contributed by atoms with van der Waals surface area (Å²) in [7, 11) is 1.71. The second-order valence-corrected chi connectivity index (χ2v) is 4.27. The standard InChI is InChI=1S/C12H11F3N2OS/c1-16-11(19)8-2-4-9(5-3-8)17-6-10(18-7-17)12(13,14)15/h2-6H,7H2,1H3,(H,16,19). The minimum absolute atomic E-state index is 0.148. The number of thiocarbonyl (C=S) groups is 1. The lowest BCUT2D eigenvalue weighted by Crippen LogP contribution is -2.17. The molecule has 0 atom stereocenters. The van der Waals surface area contributed by atoms with Crippen molar-refractivity contribution in [3.05, 3.63) is 41.8 Å². The summed E-state index contributed by atoms with van der Waals surface area (Å²) in [6.07, 6.45) is -3.51. The lowest BCUT2D eigenvalue weighted by molar-refractivity contribution is -0.126. The molecule has 1 heterocycles. The molecule has 2 rings (SSSR count). The molecule has 1 aliphatic rings. The third-order valence-corrected chi connectivity index (χ3v) is 3.04. The first-order valence-electron chi connectivity index (χ1n) is 5.42. The maximum atomic E-state index is 12.4. The largest absolute Gasteiger partial charge is 0.466 e. The van der Waals surface area contributed by atoms with Crippen LogP contribution in [0.2, 0.25) is 0 Å². The number of anilines is 1. The predicted molar refractivity (Wildman–Crippen MR) is 69.8 cm³/mol. The Balaban J connectivity index is 2.16. The van der Waals surface area contributed by atoms with Gasteiger partial charge >= 0.3 is 6.18 Å². The molecule has 0 aliphatic carbocycles. The third kappa shape index (κ3) is 2.98. The van der Waals surface area contributed by atoms with Crippen molar-refractivity contribution < 1.29 is 17.9 Å². The Morgan fingerprint density at radius 1 is 1.32 bits per heavy atom. The first-order chi connectivity index (χ1) is 8.91. The summed E-state index contributed by atoms with van der Waals surface area (Å²) >= 11 is 5.06. The Kier molecular flexibility index (Phi) is 3.66. The normalized spacial score (nSPS) is 14.9. The summed E-state index contributed by atoms with van der Waals surface area (Å²) in [6.45, 7) is -0.148. The van der Waals surface area contributed by atoms with E-state index in [1.54, 1.807) is 31.3 Å². The lowest BCUT2D eigenvalue weighted by Gasteiger charge is -2.14. The van der Waals surface area contributed by atoms with Crippen molar-refractivity contribution in [3.63, 3.8) is 0 Å². The molecule has 0 aromatic heterocycles. The van der Waals surface area contributed by atoms with E-state index in [-0.39, 0.29) is 6.73 Å². The zero-order valence-corrected chi connectivity index (χ0v) is 10.8. The van der Waals surface area contributed by atoms with Gasteiger partial charge in [-0.15, -0.1) is 0 Å². The molecule has 0 radical (unpaired) electrons. The third-order valence-electron chi connectivity index (χ3n) is 2.60. The molecule has 3 nitrogen and oxygen atoms in total. The second-order valence-electron chi connectivity index (χ2n) is 3.86. The van der Waals surface area contributed by atoms with Gasteiger partial charge in [0.1, 0.15) is 4.99 Å². The van der Waals surface area contributed by atoms with Crippen molar-refractivity contribution in [2.75, 3.05) is 18.7 Å². The zero-order chi connectivity index (χ0) is 14.0. The zero-order valence-electron chi connectivity index (χ0n) is 9.99. The van der Waals surface area contributed by atoms with Crippen molar-refractivity contribution in [2.45, 2.75) is 6.18 Å². The Hall–Kier alpha value is -1.76. The average Bonchev–Trinajstić information content (AvgIpc) is 2.87. The molecule has 1 aromatic carbocycles. The van der Waals surface area contributed by atoms with Crippen LogP contribution >= 0.6 is 12.2 Å². The summed E-state index contributed by atoms with van der Waals surface area (Å²) in [5, 5.41) is 2.83. The van der Waals surface area contributed by atoms with Gasteiger partial charge in [0.25, 0.3) is 0 Å².